The SMILES string of the molecule is O=C(CSc1ncc[nH]1)Cc1ccccc1F. The Morgan fingerprint density at radius 1 is 1.41 bits per heavy atom. The summed E-state index contributed by atoms with van der Waals surface area (Å²) in [6, 6.07) is 6.33. The largest absolute Gasteiger partial charge is 0.340 e. The molecule has 0 radical (unpaired) electrons. The molecule has 2 aromatic rings. The number of ketones is 1. The molecular formula is C12H11FN2OS. The van der Waals surface area contributed by atoms with Gasteiger partial charge in [0.1, 0.15) is 11.6 Å². The molecule has 1 N–H and O–H groups in total. The lowest BCUT2D eigenvalue weighted by atomic mass is 10.1. The van der Waals surface area contributed by atoms with Crippen LogP contribution in [-0.4, -0.2) is 21.5 Å². The maximum Gasteiger partial charge on any atom is 0.165 e. The van der Waals surface area contributed by atoms with Gasteiger partial charge in [-0.25, -0.2) is 9.37 Å². The van der Waals surface area contributed by atoms with E-state index in [0.29, 0.717) is 16.5 Å². The standard InChI is InChI=1S/C12H11FN2OS/c13-11-4-2-1-3-9(11)7-10(16)8-17-12-14-5-6-15-12/h1-6H,7-8H2,(H,14,15). The Kier molecular flexibility index (Phi) is 3.93. The van der Waals surface area contributed by atoms with Crippen molar-refractivity contribution in [1.82, 2.24) is 9.97 Å². The summed E-state index contributed by atoms with van der Waals surface area (Å²) in [6.45, 7) is 0. The van der Waals surface area contributed by atoms with E-state index >= 15 is 0 Å². The molecule has 0 bridgehead atoms. The minimum Gasteiger partial charge on any atom is -0.340 e. The number of rotatable bonds is 5. The third-order valence-electron chi connectivity index (χ3n) is 2.19. The Hall–Kier alpha value is -1.62. The second-order valence-corrected chi connectivity index (χ2v) is 4.45. The molecule has 5 heteroatoms. The molecule has 0 aliphatic rings. The zero-order valence-corrected chi connectivity index (χ0v) is 9.84. The van der Waals surface area contributed by atoms with E-state index in [4.69, 9.17) is 0 Å². The highest BCUT2D eigenvalue weighted by Crippen LogP contribution is 2.14. The van der Waals surface area contributed by atoms with Crippen molar-refractivity contribution in [2.75, 3.05) is 5.75 Å². The summed E-state index contributed by atoms with van der Waals surface area (Å²) in [7, 11) is 0. The van der Waals surface area contributed by atoms with Gasteiger partial charge < -0.3 is 4.98 Å². The van der Waals surface area contributed by atoms with E-state index in [2.05, 4.69) is 9.97 Å². The fourth-order valence-electron chi connectivity index (χ4n) is 1.38. The first kappa shape index (κ1) is 11.9. The molecule has 2 rings (SSSR count). The lowest BCUT2D eigenvalue weighted by Crippen LogP contribution is -2.07. The van der Waals surface area contributed by atoms with Crippen LogP contribution in [0.1, 0.15) is 5.56 Å². The second kappa shape index (κ2) is 5.63. The van der Waals surface area contributed by atoms with Crippen molar-refractivity contribution in [2.24, 2.45) is 0 Å². The van der Waals surface area contributed by atoms with Gasteiger partial charge in [0, 0.05) is 18.8 Å². The zero-order valence-electron chi connectivity index (χ0n) is 9.02. The van der Waals surface area contributed by atoms with E-state index in [1.165, 1.54) is 17.8 Å². The van der Waals surface area contributed by atoms with Crippen LogP contribution in [0.15, 0.2) is 41.8 Å². The van der Waals surface area contributed by atoms with Crippen LogP contribution < -0.4 is 0 Å². The second-order valence-electron chi connectivity index (χ2n) is 3.49. The van der Waals surface area contributed by atoms with Gasteiger partial charge in [0.15, 0.2) is 5.16 Å². The van der Waals surface area contributed by atoms with E-state index in [-0.39, 0.29) is 18.0 Å². The van der Waals surface area contributed by atoms with Crippen molar-refractivity contribution in [3.05, 3.63) is 48.0 Å². The molecule has 0 spiro atoms. The highest BCUT2D eigenvalue weighted by molar-refractivity contribution is 7.99. The fourth-order valence-corrected chi connectivity index (χ4v) is 2.07. The Balaban J connectivity index is 1.87. The first-order valence-corrected chi connectivity index (χ1v) is 6.11. The van der Waals surface area contributed by atoms with E-state index in [1.807, 2.05) is 0 Å². The van der Waals surface area contributed by atoms with Crippen LogP contribution >= 0.6 is 11.8 Å². The van der Waals surface area contributed by atoms with Crippen molar-refractivity contribution in [2.45, 2.75) is 11.6 Å². The number of aromatic amines is 1. The topological polar surface area (TPSA) is 45.8 Å². The molecule has 0 aliphatic carbocycles. The number of aromatic nitrogens is 2. The van der Waals surface area contributed by atoms with Gasteiger partial charge in [-0.15, -0.1) is 0 Å². The molecule has 0 saturated heterocycles. The number of hydrogen-bond donors (Lipinski definition) is 1. The third-order valence-corrected chi connectivity index (χ3v) is 3.15. The molecule has 0 amide bonds. The molecule has 0 unspecified atom stereocenters. The lowest BCUT2D eigenvalue weighted by molar-refractivity contribution is -0.116. The molecule has 0 saturated carbocycles. The summed E-state index contributed by atoms with van der Waals surface area (Å²) >= 11 is 1.32. The Bertz CT molecular complexity index is 499. The molecule has 3 nitrogen and oxygen atoms in total. The number of nitrogens with one attached hydrogen (secondary N) is 1. The minimum absolute atomic E-state index is 0.0171. The average Bonchev–Trinajstić information content (AvgIpc) is 2.82. The maximum atomic E-state index is 13.3. The van der Waals surface area contributed by atoms with Crippen LogP contribution in [0.3, 0.4) is 0 Å². The number of hydrogen-bond acceptors (Lipinski definition) is 3. The van der Waals surface area contributed by atoms with Crippen molar-refractivity contribution in [1.29, 1.82) is 0 Å². The van der Waals surface area contributed by atoms with Crippen LogP contribution in [0.5, 0.6) is 0 Å². The lowest BCUT2D eigenvalue weighted by Gasteiger charge is -2.01. The van der Waals surface area contributed by atoms with Crippen LogP contribution in [-0.2, 0) is 11.2 Å². The maximum absolute atomic E-state index is 13.3. The summed E-state index contributed by atoms with van der Waals surface area (Å²) < 4.78 is 13.3. The number of Topliss-reactive ketones (excluding diaryl/α,β-unsaturated/α-hetero) is 1. The van der Waals surface area contributed by atoms with Gasteiger partial charge in [0.05, 0.1) is 5.75 Å². The monoisotopic (exact) mass is 250 g/mol. The molecule has 88 valence electrons. The number of halogens is 1. The molecule has 1 aromatic heterocycles. The van der Waals surface area contributed by atoms with Gasteiger partial charge in [-0.05, 0) is 11.6 Å². The summed E-state index contributed by atoms with van der Waals surface area (Å²) in [5.41, 5.74) is 0.442. The first-order chi connectivity index (χ1) is 8.25. The minimum atomic E-state index is -0.330. The number of imidazole rings is 1. The van der Waals surface area contributed by atoms with E-state index < -0.39 is 0 Å². The number of thioether (sulfide) groups is 1. The Morgan fingerprint density at radius 2 is 2.24 bits per heavy atom. The van der Waals surface area contributed by atoms with Crippen LogP contribution in [0, 0.1) is 5.82 Å². The first-order valence-electron chi connectivity index (χ1n) is 5.13. The summed E-state index contributed by atoms with van der Waals surface area (Å²) in [4.78, 5) is 18.5. The summed E-state index contributed by atoms with van der Waals surface area (Å²) in [5.74, 6) is -0.0534. The highest BCUT2D eigenvalue weighted by atomic mass is 32.2. The molecule has 0 atom stereocenters. The van der Waals surface area contributed by atoms with Crippen molar-refractivity contribution < 1.29 is 9.18 Å². The van der Waals surface area contributed by atoms with Gasteiger partial charge in [-0.1, -0.05) is 30.0 Å². The number of benzene rings is 1. The van der Waals surface area contributed by atoms with Crippen LogP contribution in [0.25, 0.3) is 0 Å². The van der Waals surface area contributed by atoms with Gasteiger partial charge in [0.25, 0.3) is 0 Å². The molecule has 1 aromatic carbocycles. The van der Waals surface area contributed by atoms with E-state index in [1.54, 1.807) is 30.6 Å². The summed E-state index contributed by atoms with van der Waals surface area (Å²) in [5, 5.41) is 0.701. The van der Waals surface area contributed by atoms with Gasteiger partial charge in [0.2, 0.25) is 0 Å². The quantitative estimate of drug-likeness (QED) is 0.829. The van der Waals surface area contributed by atoms with E-state index in [9.17, 15) is 9.18 Å². The van der Waals surface area contributed by atoms with Crippen molar-refractivity contribution in [3.63, 3.8) is 0 Å². The summed E-state index contributed by atoms with van der Waals surface area (Å²) in [6.07, 6.45) is 3.45. The third kappa shape index (κ3) is 3.42. The molecule has 17 heavy (non-hydrogen) atoms. The zero-order chi connectivity index (χ0) is 12.1. The fraction of sp³-hybridized carbons (Fsp3) is 0.167. The number of nitrogens with zero attached hydrogens (tertiary/aromatic N) is 1. The molecular weight excluding hydrogens is 239 g/mol. The Morgan fingerprint density at radius 3 is 2.94 bits per heavy atom. The number of carbonyl (C=O) groups is 1. The molecule has 0 fully saturated rings. The highest BCUT2D eigenvalue weighted by Gasteiger charge is 2.08. The van der Waals surface area contributed by atoms with Gasteiger partial charge >= 0.3 is 0 Å². The van der Waals surface area contributed by atoms with Gasteiger partial charge in [-0.3, -0.25) is 4.79 Å². The normalized spacial score (nSPS) is 10.4. The number of carbonyl (C=O) groups excluding carboxylic acids is 1. The van der Waals surface area contributed by atoms with Crippen LogP contribution in [0.2, 0.25) is 0 Å². The predicted molar refractivity (Wildman–Crippen MR) is 64.4 cm³/mol. The average molecular weight is 250 g/mol. The van der Waals surface area contributed by atoms with Crippen molar-refractivity contribution in [3.8, 4) is 0 Å². The predicted octanol–water partition coefficient (Wildman–Crippen LogP) is 2.45. The Labute approximate surface area is 102 Å². The molecule has 0 aliphatic heterocycles. The number of H-pyrrole nitrogens is 1. The van der Waals surface area contributed by atoms with Crippen molar-refractivity contribution >= 4 is 17.5 Å². The molecule has 1 heterocycles. The van der Waals surface area contributed by atoms with Gasteiger partial charge in [-0.2, -0.15) is 0 Å². The van der Waals surface area contributed by atoms with Crippen LogP contribution in [0.4, 0.5) is 4.39 Å². The smallest absolute Gasteiger partial charge is 0.165 e. The van der Waals surface area contributed by atoms with E-state index in [0.717, 1.165) is 0 Å².